The number of furan rings is 1. The standard InChI is InChI=1S/C8H11NO3S/c1-5-4-6(5)7-2-3-8(12-7)13(9,10)11/h2-3,5-6H,4H2,1H3,(H2,9,10,11). The lowest BCUT2D eigenvalue weighted by molar-refractivity contribution is 0.412. The fourth-order valence-electron chi connectivity index (χ4n) is 1.41. The van der Waals surface area contributed by atoms with Crippen LogP contribution in [0.15, 0.2) is 21.6 Å². The fourth-order valence-corrected chi connectivity index (χ4v) is 1.88. The molecule has 0 saturated heterocycles. The van der Waals surface area contributed by atoms with Crippen molar-refractivity contribution in [3.63, 3.8) is 0 Å². The molecule has 1 saturated carbocycles. The molecule has 0 aliphatic heterocycles. The van der Waals surface area contributed by atoms with Crippen molar-refractivity contribution in [3.05, 3.63) is 17.9 Å². The minimum Gasteiger partial charge on any atom is -0.448 e. The van der Waals surface area contributed by atoms with Crippen LogP contribution in [-0.2, 0) is 10.0 Å². The summed E-state index contributed by atoms with van der Waals surface area (Å²) in [6, 6.07) is 3.10. The molecule has 1 aromatic rings. The van der Waals surface area contributed by atoms with Crippen molar-refractivity contribution in [2.45, 2.75) is 24.4 Å². The fraction of sp³-hybridized carbons (Fsp3) is 0.500. The molecule has 1 aliphatic rings. The summed E-state index contributed by atoms with van der Waals surface area (Å²) < 4.78 is 26.8. The summed E-state index contributed by atoms with van der Waals surface area (Å²) in [4.78, 5) is 0. The van der Waals surface area contributed by atoms with Crippen LogP contribution < -0.4 is 5.14 Å². The first-order valence-electron chi connectivity index (χ1n) is 4.11. The number of hydrogen-bond donors (Lipinski definition) is 1. The first-order valence-corrected chi connectivity index (χ1v) is 5.65. The van der Waals surface area contributed by atoms with E-state index in [9.17, 15) is 8.42 Å². The van der Waals surface area contributed by atoms with Crippen molar-refractivity contribution in [1.82, 2.24) is 0 Å². The van der Waals surface area contributed by atoms with Crippen molar-refractivity contribution in [3.8, 4) is 0 Å². The van der Waals surface area contributed by atoms with Gasteiger partial charge in [-0.3, -0.25) is 0 Å². The molecular formula is C8H11NO3S. The lowest BCUT2D eigenvalue weighted by atomic mass is 10.3. The van der Waals surface area contributed by atoms with Crippen molar-refractivity contribution < 1.29 is 12.8 Å². The molecule has 2 atom stereocenters. The topological polar surface area (TPSA) is 73.3 Å². The molecule has 2 unspecified atom stereocenters. The molecule has 5 heteroatoms. The first-order chi connectivity index (χ1) is 5.98. The maximum Gasteiger partial charge on any atom is 0.271 e. The van der Waals surface area contributed by atoms with Crippen molar-refractivity contribution >= 4 is 10.0 Å². The van der Waals surface area contributed by atoms with Crippen LogP contribution in [0.2, 0.25) is 0 Å². The normalized spacial score (nSPS) is 27.5. The van der Waals surface area contributed by atoms with E-state index in [1.807, 2.05) is 0 Å². The number of nitrogens with two attached hydrogens (primary N) is 1. The van der Waals surface area contributed by atoms with Crippen LogP contribution in [0.3, 0.4) is 0 Å². The minimum atomic E-state index is -3.67. The third kappa shape index (κ3) is 1.62. The predicted molar refractivity (Wildman–Crippen MR) is 46.6 cm³/mol. The highest BCUT2D eigenvalue weighted by Crippen LogP contribution is 2.47. The summed E-state index contributed by atoms with van der Waals surface area (Å²) in [5.41, 5.74) is 0. The zero-order chi connectivity index (χ0) is 9.64. The van der Waals surface area contributed by atoms with Crippen molar-refractivity contribution in [2.75, 3.05) is 0 Å². The Hall–Kier alpha value is -0.810. The van der Waals surface area contributed by atoms with Gasteiger partial charge in [0.2, 0.25) is 5.09 Å². The lowest BCUT2D eigenvalue weighted by Crippen LogP contribution is -2.10. The molecule has 0 amide bonds. The molecule has 4 nitrogen and oxygen atoms in total. The van der Waals surface area contributed by atoms with E-state index in [1.165, 1.54) is 6.07 Å². The highest BCUT2D eigenvalue weighted by molar-refractivity contribution is 7.89. The first kappa shape index (κ1) is 8.77. The van der Waals surface area contributed by atoms with E-state index < -0.39 is 10.0 Å². The Bertz CT molecular complexity index is 420. The van der Waals surface area contributed by atoms with Crippen LogP contribution in [-0.4, -0.2) is 8.42 Å². The second-order valence-corrected chi connectivity index (χ2v) is 5.01. The van der Waals surface area contributed by atoms with Gasteiger partial charge in [0, 0.05) is 5.92 Å². The van der Waals surface area contributed by atoms with Gasteiger partial charge in [-0.1, -0.05) is 6.92 Å². The van der Waals surface area contributed by atoms with Crippen LogP contribution in [0.1, 0.15) is 25.0 Å². The van der Waals surface area contributed by atoms with Gasteiger partial charge in [0.1, 0.15) is 5.76 Å². The van der Waals surface area contributed by atoms with E-state index in [0.29, 0.717) is 11.8 Å². The maximum absolute atomic E-state index is 10.9. The second-order valence-electron chi connectivity index (χ2n) is 3.52. The Morgan fingerprint density at radius 2 is 2.15 bits per heavy atom. The monoisotopic (exact) mass is 201 g/mol. The van der Waals surface area contributed by atoms with E-state index in [1.54, 1.807) is 6.07 Å². The second kappa shape index (κ2) is 2.59. The number of sulfonamides is 1. The molecule has 1 heterocycles. The van der Waals surface area contributed by atoms with Crippen LogP contribution in [0.5, 0.6) is 0 Å². The lowest BCUT2D eigenvalue weighted by Gasteiger charge is -1.92. The molecular weight excluding hydrogens is 190 g/mol. The SMILES string of the molecule is CC1CC1c1ccc(S(N)(=O)=O)o1. The van der Waals surface area contributed by atoms with Gasteiger partial charge in [-0.15, -0.1) is 0 Å². The smallest absolute Gasteiger partial charge is 0.271 e. The predicted octanol–water partition coefficient (Wildman–Crippen LogP) is 1.05. The van der Waals surface area contributed by atoms with E-state index in [4.69, 9.17) is 9.56 Å². The third-order valence-electron chi connectivity index (χ3n) is 2.36. The summed E-state index contributed by atoms with van der Waals surface area (Å²) in [6.45, 7) is 2.10. The van der Waals surface area contributed by atoms with Gasteiger partial charge in [0.15, 0.2) is 0 Å². The molecule has 2 N–H and O–H groups in total. The third-order valence-corrected chi connectivity index (χ3v) is 3.14. The van der Waals surface area contributed by atoms with Gasteiger partial charge in [0.25, 0.3) is 10.0 Å². The highest BCUT2D eigenvalue weighted by Gasteiger charge is 2.37. The van der Waals surface area contributed by atoms with Gasteiger partial charge in [0.05, 0.1) is 0 Å². The van der Waals surface area contributed by atoms with E-state index in [2.05, 4.69) is 6.92 Å². The summed E-state index contributed by atoms with van der Waals surface area (Å²) in [6.07, 6.45) is 1.07. The molecule has 0 aromatic carbocycles. The van der Waals surface area contributed by atoms with Gasteiger partial charge in [-0.05, 0) is 24.5 Å². The zero-order valence-corrected chi connectivity index (χ0v) is 8.04. The summed E-state index contributed by atoms with van der Waals surface area (Å²) >= 11 is 0. The zero-order valence-electron chi connectivity index (χ0n) is 7.23. The van der Waals surface area contributed by atoms with Crippen LogP contribution in [0.4, 0.5) is 0 Å². The quantitative estimate of drug-likeness (QED) is 0.777. The molecule has 0 spiro atoms. The van der Waals surface area contributed by atoms with Crippen LogP contribution in [0, 0.1) is 5.92 Å². The highest BCUT2D eigenvalue weighted by atomic mass is 32.2. The maximum atomic E-state index is 10.9. The van der Waals surface area contributed by atoms with Gasteiger partial charge in [-0.25, -0.2) is 13.6 Å². The Morgan fingerprint density at radius 1 is 1.54 bits per heavy atom. The Balaban J connectivity index is 2.29. The summed E-state index contributed by atoms with van der Waals surface area (Å²) in [5, 5.41) is 4.77. The Kier molecular flexibility index (Phi) is 1.75. The minimum absolute atomic E-state index is 0.137. The molecule has 1 aliphatic carbocycles. The molecule has 72 valence electrons. The number of rotatable bonds is 2. The average molecular weight is 201 g/mol. The van der Waals surface area contributed by atoms with E-state index in [0.717, 1.165) is 12.2 Å². The Morgan fingerprint density at radius 3 is 2.54 bits per heavy atom. The van der Waals surface area contributed by atoms with Crippen molar-refractivity contribution in [1.29, 1.82) is 0 Å². The number of hydrogen-bond acceptors (Lipinski definition) is 3. The van der Waals surface area contributed by atoms with Gasteiger partial charge < -0.3 is 4.42 Å². The van der Waals surface area contributed by atoms with Gasteiger partial charge in [-0.2, -0.15) is 0 Å². The molecule has 2 rings (SSSR count). The molecule has 1 aromatic heterocycles. The largest absolute Gasteiger partial charge is 0.448 e. The van der Waals surface area contributed by atoms with E-state index in [-0.39, 0.29) is 5.09 Å². The van der Waals surface area contributed by atoms with Crippen LogP contribution >= 0.6 is 0 Å². The molecule has 13 heavy (non-hydrogen) atoms. The van der Waals surface area contributed by atoms with Crippen molar-refractivity contribution in [2.24, 2.45) is 11.1 Å². The van der Waals surface area contributed by atoms with Gasteiger partial charge >= 0.3 is 0 Å². The summed E-state index contributed by atoms with van der Waals surface area (Å²) in [7, 11) is -3.67. The molecule has 1 fully saturated rings. The van der Waals surface area contributed by atoms with E-state index >= 15 is 0 Å². The molecule has 0 radical (unpaired) electrons. The Labute approximate surface area is 76.8 Å². The number of primary sulfonamides is 1. The summed E-state index contributed by atoms with van der Waals surface area (Å²) in [5.74, 6) is 1.71. The molecule has 0 bridgehead atoms. The average Bonchev–Trinajstić information content (AvgIpc) is 2.57. The van der Waals surface area contributed by atoms with Crippen LogP contribution in [0.25, 0.3) is 0 Å².